The Hall–Kier alpha value is -0.170. The Morgan fingerprint density at radius 3 is 2.74 bits per heavy atom. The first-order valence-electron chi connectivity index (χ1n) is 7.29. The summed E-state index contributed by atoms with van der Waals surface area (Å²) in [6.45, 7) is 4.25. The first-order chi connectivity index (χ1) is 8.96. The number of nitrogens with one attached hydrogen (secondary N) is 1. The molecule has 0 aromatic rings. The SMILES string of the molecule is CN(C)CC1CCCN1CCNC1CCS(=O)(=O)C1. The van der Waals surface area contributed by atoms with Crippen molar-refractivity contribution in [3.63, 3.8) is 0 Å². The van der Waals surface area contributed by atoms with Gasteiger partial charge in [-0.05, 0) is 39.9 Å². The summed E-state index contributed by atoms with van der Waals surface area (Å²) < 4.78 is 22.8. The fourth-order valence-electron chi connectivity index (χ4n) is 3.19. The first-order valence-corrected chi connectivity index (χ1v) is 9.11. The van der Waals surface area contributed by atoms with E-state index in [0.29, 0.717) is 17.5 Å². The van der Waals surface area contributed by atoms with Crippen LogP contribution in [0.15, 0.2) is 0 Å². The van der Waals surface area contributed by atoms with Crippen molar-refractivity contribution < 1.29 is 8.42 Å². The molecular formula is C13H27N3O2S. The average Bonchev–Trinajstić information content (AvgIpc) is 2.86. The van der Waals surface area contributed by atoms with Gasteiger partial charge in [0.1, 0.15) is 0 Å². The van der Waals surface area contributed by atoms with E-state index in [2.05, 4.69) is 29.2 Å². The van der Waals surface area contributed by atoms with Crippen molar-refractivity contribution in [2.24, 2.45) is 0 Å². The molecule has 1 N–H and O–H groups in total. The Morgan fingerprint density at radius 2 is 2.11 bits per heavy atom. The number of hydrogen-bond acceptors (Lipinski definition) is 5. The standard InChI is InChI=1S/C13H27N3O2S/c1-15(2)10-13-4-3-7-16(13)8-6-14-12-5-9-19(17,18)11-12/h12-14H,3-11H2,1-2H3. The molecule has 0 aliphatic carbocycles. The lowest BCUT2D eigenvalue weighted by Gasteiger charge is -2.27. The van der Waals surface area contributed by atoms with E-state index in [1.807, 2.05) is 0 Å². The third-order valence-corrected chi connectivity index (χ3v) is 5.91. The Labute approximate surface area is 117 Å². The molecule has 0 spiro atoms. The summed E-state index contributed by atoms with van der Waals surface area (Å²) in [4.78, 5) is 4.79. The van der Waals surface area contributed by atoms with Crippen LogP contribution in [0.1, 0.15) is 19.3 Å². The van der Waals surface area contributed by atoms with Gasteiger partial charge in [0, 0.05) is 31.7 Å². The number of rotatable bonds is 6. The van der Waals surface area contributed by atoms with E-state index in [4.69, 9.17) is 0 Å². The predicted molar refractivity (Wildman–Crippen MR) is 78.2 cm³/mol. The van der Waals surface area contributed by atoms with Crippen LogP contribution in [0, 0.1) is 0 Å². The van der Waals surface area contributed by atoms with Gasteiger partial charge < -0.3 is 10.2 Å². The van der Waals surface area contributed by atoms with Crippen molar-refractivity contribution in [2.75, 3.05) is 51.8 Å². The van der Waals surface area contributed by atoms with Gasteiger partial charge in [-0.3, -0.25) is 4.90 Å². The molecule has 2 heterocycles. The molecular weight excluding hydrogens is 262 g/mol. The molecule has 0 amide bonds. The molecule has 5 nitrogen and oxygen atoms in total. The van der Waals surface area contributed by atoms with Gasteiger partial charge >= 0.3 is 0 Å². The van der Waals surface area contributed by atoms with E-state index < -0.39 is 9.84 Å². The summed E-state index contributed by atoms with van der Waals surface area (Å²) >= 11 is 0. The number of sulfone groups is 1. The molecule has 2 atom stereocenters. The van der Waals surface area contributed by atoms with Crippen molar-refractivity contribution in [1.82, 2.24) is 15.1 Å². The topological polar surface area (TPSA) is 52.6 Å². The first kappa shape index (κ1) is 15.2. The number of hydrogen-bond donors (Lipinski definition) is 1. The summed E-state index contributed by atoms with van der Waals surface area (Å²) in [6, 6.07) is 0.851. The molecule has 2 rings (SSSR count). The molecule has 112 valence electrons. The van der Waals surface area contributed by atoms with Gasteiger partial charge in [-0.1, -0.05) is 0 Å². The lowest BCUT2D eigenvalue weighted by atomic mass is 10.2. The third kappa shape index (κ3) is 4.70. The summed E-state index contributed by atoms with van der Waals surface area (Å²) in [7, 11) is 1.49. The van der Waals surface area contributed by atoms with Crippen LogP contribution in [0.4, 0.5) is 0 Å². The lowest BCUT2D eigenvalue weighted by Crippen LogP contribution is -2.42. The summed E-state index contributed by atoms with van der Waals surface area (Å²) in [6.07, 6.45) is 3.36. The molecule has 19 heavy (non-hydrogen) atoms. The molecule has 2 unspecified atom stereocenters. The van der Waals surface area contributed by atoms with Crippen molar-refractivity contribution in [3.05, 3.63) is 0 Å². The maximum absolute atomic E-state index is 11.4. The number of likely N-dealkylation sites (tertiary alicyclic amines) is 1. The number of nitrogens with zero attached hydrogens (tertiary/aromatic N) is 2. The van der Waals surface area contributed by atoms with E-state index in [1.165, 1.54) is 19.4 Å². The van der Waals surface area contributed by atoms with E-state index in [1.54, 1.807) is 0 Å². The molecule has 2 fully saturated rings. The van der Waals surface area contributed by atoms with Crippen molar-refractivity contribution in [3.8, 4) is 0 Å². The molecule has 2 aliphatic rings. The van der Waals surface area contributed by atoms with E-state index in [-0.39, 0.29) is 6.04 Å². The highest BCUT2D eigenvalue weighted by Gasteiger charge is 2.28. The minimum absolute atomic E-state index is 0.180. The predicted octanol–water partition coefficient (Wildman–Crippen LogP) is -0.211. The molecule has 0 radical (unpaired) electrons. The minimum atomic E-state index is -2.75. The smallest absolute Gasteiger partial charge is 0.151 e. The molecule has 0 aromatic carbocycles. The normalized spacial score (nSPS) is 31.3. The van der Waals surface area contributed by atoms with E-state index in [0.717, 1.165) is 26.1 Å². The second-order valence-electron chi connectivity index (χ2n) is 6.15. The second-order valence-corrected chi connectivity index (χ2v) is 8.38. The van der Waals surface area contributed by atoms with Crippen LogP contribution in [-0.4, -0.2) is 82.1 Å². The van der Waals surface area contributed by atoms with Crippen LogP contribution < -0.4 is 5.32 Å². The van der Waals surface area contributed by atoms with Gasteiger partial charge in [-0.25, -0.2) is 8.42 Å². The van der Waals surface area contributed by atoms with Crippen LogP contribution in [-0.2, 0) is 9.84 Å². The van der Waals surface area contributed by atoms with Crippen molar-refractivity contribution in [1.29, 1.82) is 0 Å². The second kappa shape index (κ2) is 6.52. The zero-order chi connectivity index (χ0) is 13.9. The maximum atomic E-state index is 11.4. The maximum Gasteiger partial charge on any atom is 0.151 e. The van der Waals surface area contributed by atoms with Gasteiger partial charge in [-0.15, -0.1) is 0 Å². The lowest BCUT2D eigenvalue weighted by molar-refractivity contribution is 0.207. The molecule has 6 heteroatoms. The van der Waals surface area contributed by atoms with Gasteiger partial charge in [0.05, 0.1) is 11.5 Å². The van der Waals surface area contributed by atoms with Crippen LogP contribution >= 0.6 is 0 Å². The average molecular weight is 289 g/mol. The Kier molecular flexibility index (Phi) is 5.22. The molecule has 0 bridgehead atoms. The highest BCUT2D eigenvalue weighted by molar-refractivity contribution is 7.91. The highest BCUT2D eigenvalue weighted by atomic mass is 32.2. The van der Waals surface area contributed by atoms with Crippen LogP contribution in [0.2, 0.25) is 0 Å². The van der Waals surface area contributed by atoms with Crippen LogP contribution in [0.25, 0.3) is 0 Å². The fraction of sp³-hybridized carbons (Fsp3) is 1.00. The fourth-order valence-corrected chi connectivity index (χ4v) is 4.89. The van der Waals surface area contributed by atoms with Gasteiger partial charge in [-0.2, -0.15) is 0 Å². The molecule has 0 aromatic heterocycles. The van der Waals surface area contributed by atoms with Crippen LogP contribution in [0.5, 0.6) is 0 Å². The molecule has 2 aliphatic heterocycles. The van der Waals surface area contributed by atoms with Gasteiger partial charge in [0.2, 0.25) is 0 Å². The summed E-state index contributed by atoms with van der Waals surface area (Å²) in [5.41, 5.74) is 0. The monoisotopic (exact) mass is 289 g/mol. The van der Waals surface area contributed by atoms with Gasteiger partial charge in [0.25, 0.3) is 0 Å². The van der Waals surface area contributed by atoms with Gasteiger partial charge in [0.15, 0.2) is 9.84 Å². The van der Waals surface area contributed by atoms with E-state index in [9.17, 15) is 8.42 Å². The summed E-state index contributed by atoms with van der Waals surface area (Å²) in [5, 5.41) is 3.40. The molecule has 2 saturated heterocycles. The minimum Gasteiger partial charge on any atom is -0.312 e. The zero-order valence-corrected chi connectivity index (χ0v) is 13.0. The quantitative estimate of drug-likeness (QED) is 0.733. The van der Waals surface area contributed by atoms with Crippen molar-refractivity contribution >= 4 is 9.84 Å². The Bertz CT molecular complexity index is 383. The zero-order valence-electron chi connectivity index (χ0n) is 12.1. The Balaban J connectivity index is 1.68. The third-order valence-electron chi connectivity index (χ3n) is 4.14. The largest absolute Gasteiger partial charge is 0.312 e. The molecule has 0 saturated carbocycles. The number of likely N-dealkylation sites (N-methyl/N-ethyl adjacent to an activating group) is 1. The van der Waals surface area contributed by atoms with Crippen LogP contribution in [0.3, 0.4) is 0 Å². The Morgan fingerprint density at radius 1 is 1.32 bits per heavy atom. The van der Waals surface area contributed by atoms with E-state index >= 15 is 0 Å². The highest BCUT2D eigenvalue weighted by Crippen LogP contribution is 2.17. The summed E-state index contributed by atoms with van der Waals surface area (Å²) in [5.74, 6) is 0.686. The van der Waals surface area contributed by atoms with Crippen molar-refractivity contribution in [2.45, 2.75) is 31.3 Å².